The van der Waals surface area contributed by atoms with Gasteiger partial charge in [-0.15, -0.1) is 0 Å². The number of nitrogens with one attached hydrogen (secondary N) is 3. The van der Waals surface area contributed by atoms with Gasteiger partial charge in [-0.05, 0) is 19.4 Å². The molecule has 1 fully saturated rings. The Balaban J connectivity index is 2.13. The van der Waals surface area contributed by atoms with E-state index in [1.54, 1.807) is 11.7 Å². The highest BCUT2D eigenvalue weighted by Crippen LogP contribution is 2.10. The number of nitrogens with zero attached hydrogens (tertiary/aromatic N) is 5. The molecule has 0 bridgehead atoms. The molecule has 1 aromatic heterocycles. The summed E-state index contributed by atoms with van der Waals surface area (Å²) in [4.78, 5) is 22.3. The van der Waals surface area contributed by atoms with Gasteiger partial charge in [0.2, 0.25) is 0 Å². The molecule has 1 saturated heterocycles. The van der Waals surface area contributed by atoms with Gasteiger partial charge in [-0.2, -0.15) is 5.26 Å². The summed E-state index contributed by atoms with van der Waals surface area (Å²) >= 11 is 0. The van der Waals surface area contributed by atoms with Gasteiger partial charge in [0.1, 0.15) is 5.82 Å². The number of fused-ring (bicyclic) bond motifs is 1. The van der Waals surface area contributed by atoms with Crippen molar-refractivity contribution in [1.29, 1.82) is 5.26 Å². The van der Waals surface area contributed by atoms with E-state index in [0.29, 0.717) is 47.3 Å². The Bertz CT molecular complexity index is 1100. The van der Waals surface area contributed by atoms with Crippen LogP contribution in [-0.4, -0.2) is 55.8 Å². The predicted octanol–water partition coefficient (Wildman–Crippen LogP) is -2.10. The lowest BCUT2D eigenvalue weighted by Crippen LogP contribution is -2.60. The maximum atomic E-state index is 13.5. The van der Waals surface area contributed by atoms with Crippen molar-refractivity contribution in [1.82, 2.24) is 25.6 Å². The summed E-state index contributed by atoms with van der Waals surface area (Å²) in [6.45, 7) is 4.92. The third-order valence-electron chi connectivity index (χ3n) is 5.10. The highest BCUT2D eigenvalue weighted by Gasteiger charge is 2.22. The highest BCUT2D eigenvalue weighted by molar-refractivity contribution is 5.58. The molecule has 1 aliphatic heterocycles. The summed E-state index contributed by atoms with van der Waals surface area (Å²) in [5, 5.41) is 22.3. The van der Waals surface area contributed by atoms with Crippen LogP contribution in [0.1, 0.15) is 25.2 Å². The standard InChI is InChI=1S/C21H29N9O/c1-15(27-19(26-14-24-2)16(12-22)13-23)20-28-18-7-5-3-4-6-17(18)21(31)30(20)29-10-8-25-9-11-29/h3,5-7,14-15,25,27H,4,8-12,22H2,1-2H3,(H,24,26)/b19-16-/t15-/m0/s1. The zero-order valence-corrected chi connectivity index (χ0v) is 17.9. The Labute approximate surface area is 181 Å². The van der Waals surface area contributed by atoms with E-state index < -0.39 is 6.04 Å². The van der Waals surface area contributed by atoms with Crippen molar-refractivity contribution in [2.45, 2.75) is 19.4 Å². The van der Waals surface area contributed by atoms with E-state index >= 15 is 0 Å². The van der Waals surface area contributed by atoms with E-state index in [9.17, 15) is 10.1 Å². The monoisotopic (exact) mass is 423 g/mol. The fraction of sp³-hybridized carbons (Fsp3) is 0.429. The van der Waals surface area contributed by atoms with Gasteiger partial charge in [0.05, 0.1) is 34.6 Å². The van der Waals surface area contributed by atoms with Crippen molar-refractivity contribution < 1.29 is 0 Å². The number of aliphatic imine (C=N–C) groups is 1. The summed E-state index contributed by atoms with van der Waals surface area (Å²) in [6, 6.07) is 1.71. The van der Waals surface area contributed by atoms with Crippen molar-refractivity contribution in [3.05, 3.63) is 50.3 Å². The molecular formula is C21H29N9O. The van der Waals surface area contributed by atoms with E-state index in [2.05, 4.69) is 27.0 Å². The van der Waals surface area contributed by atoms with Crippen molar-refractivity contribution in [3.8, 4) is 6.07 Å². The molecule has 0 saturated carbocycles. The van der Waals surface area contributed by atoms with Gasteiger partial charge >= 0.3 is 0 Å². The molecule has 0 amide bonds. The van der Waals surface area contributed by atoms with E-state index in [4.69, 9.17) is 10.7 Å². The second-order valence-corrected chi connectivity index (χ2v) is 7.19. The van der Waals surface area contributed by atoms with Gasteiger partial charge < -0.3 is 26.7 Å². The van der Waals surface area contributed by atoms with Crippen molar-refractivity contribution in [3.63, 3.8) is 0 Å². The van der Waals surface area contributed by atoms with Gasteiger partial charge in [0, 0.05) is 39.8 Å². The quantitative estimate of drug-likeness (QED) is 0.222. The molecule has 10 heteroatoms. The normalized spacial score (nSPS) is 17.5. The van der Waals surface area contributed by atoms with Gasteiger partial charge in [0.25, 0.3) is 5.56 Å². The van der Waals surface area contributed by atoms with E-state index in [1.807, 2.05) is 36.2 Å². The zero-order chi connectivity index (χ0) is 22.2. The van der Waals surface area contributed by atoms with Crippen LogP contribution in [0.2, 0.25) is 0 Å². The molecule has 0 radical (unpaired) electrons. The topological polar surface area (TPSA) is 136 Å². The van der Waals surface area contributed by atoms with Crippen LogP contribution in [-0.2, 0) is 0 Å². The Kier molecular flexibility index (Phi) is 7.59. The number of rotatable bonds is 7. The van der Waals surface area contributed by atoms with Crippen molar-refractivity contribution in [2.75, 3.05) is 44.8 Å². The van der Waals surface area contributed by atoms with Crippen LogP contribution in [0.25, 0.3) is 12.2 Å². The number of nitriles is 1. The fourth-order valence-electron chi connectivity index (χ4n) is 3.54. The number of piperazine rings is 1. The molecule has 1 atom stereocenters. The Hall–Kier alpha value is -3.42. The smallest absolute Gasteiger partial charge is 0.279 e. The van der Waals surface area contributed by atoms with Crippen LogP contribution < -0.4 is 42.8 Å². The van der Waals surface area contributed by atoms with Gasteiger partial charge in [-0.25, -0.2) is 9.66 Å². The first-order chi connectivity index (χ1) is 15.1. The lowest BCUT2D eigenvalue weighted by atomic mass is 10.2. The zero-order valence-electron chi connectivity index (χ0n) is 17.9. The van der Waals surface area contributed by atoms with Crippen LogP contribution in [0.4, 0.5) is 0 Å². The Morgan fingerprint density at radius 2 is 2.26 bits per heavy atom. The minimum absolute atomic E-state index is 0.0614. The number of hydrogen-bond donors (Lipinski definition) is 4. The van der Waals surface area contributed by atoms with Gasteiger partial charge in [-0.3, -0.25) is 9.79 Å². The average molecular weight is 424 g/mol. The molecule has 10 nitrogen and oxygen atoms in total. The van der Waals surface area contributed by atoms with Gasteiger partial charge in [-0.1, -0.05) is 18.2 Å². The second kappa shape index (κ2) is 10.6. The lowest BCUT2D eigenvalue weighted by molar-refractivity contribution is 0.439. The number of hydrogen-bond acceptors (Lipinski definition) is 8. The molecule has 5 N–H and O–H groups in total. The third kappa shape index (κ3) is 5.02. The summed E-state index contributed by atoms with van der Waals surface area (Å²) in [7, 11) is 1.62. The number of aromatic nitrogens is 2. The molecule has 164 valence electrons. The molecule has 0 spiro atoms. The van der Waals surface area contributed by atoms with E-state index in [1.165, 1.54) is 6.34 Å². The lowest BCUT2D eigenvalue weighted by Gasteiger charge is -2.33. The van der Waals surface area contributed by atoms with Crippen LogP contribution in [0.3, 0.4) is 0 Å². The average Bonchev–Trinajstić information content (AvgIpc) is 3.04. The van der Waals surface area contributed by atoms with Crippen LogP contribution in [0.15, 0.2) is 33.3 Å². The molecule has 31 heavy (non-hydrogen) atoms. The molecule has 3 rings (SSSR count). The number of allylic oxidation sites excluding steroid dienone is 2. The Morgan fingerprint density at radius 3 is 2.94 bits per heavy atom. The molecule has 2 heterocycles. The summed E-state index contributed by atoms with van der Waals surface area (Å²) in [5.74, 6) is 1.00. The fourth-order valence-corrected chi connectivity index (χ4v) is 3.54. The first-order valence-electron chi connectivity index (χ1n) is 10.3. The van der Waals surface area contributed by atoms with Crippen LogP contribution in [0.5, 0.6) is 0 Å². The SMILES string of the molecule is CN=CN/C(N[C@@H](C)c1nc2c(c(=O)n1N1CCNCC1)=CCC=CC=2)=C(/C#N)CN. The minimum Gasteiger partial charge on any atom is -0.361 e. The van der Waals surface area contributed by atoms with Crippen molar-refractivity contribution >= 4 is 18.5 Å². The molecule has 1 aromatic rings. The van der Waals surface area contributed by atoms with Crippen molar-refractivity contribution in [2.24, 2.45) is 10.7 Å². The second-order valence-electron chi connectivity index (χ2n) is 7.19. The predicted molar refractivity (Wildman–Crippen MR) is 122 cm³/mol. The van der Waals surface area contributed by atoms with E-state index in [-0.39, 0.29) is 12.1 Å². The molecule has 0 unspecified atom stereocenters. The summed E-state index contributed by atoms with van der Waals surface area (Å²) in [6.07, 6.45) is 9.84. The first-order valence-corrected chi connectivity index (χ1v) is 10.3. The summed E-state index contributed by atoms with van der Waals surface area (Å²) < 4.78 is 1.67. The highest BCUT2D eigenvalue weighted by atomic mass is 16.1. The van der Waals surface area contributed by atoms with Crippen LogP contribution >= 0.6 is 0 Å². The molecule has 1 aliphatic carbocycles. The first kappa shape index (κ1) is 22.3. The van der Waals surface area contributed by atoms with E-state index in [0.717, 1.165) is 13.1 Å². The van der Waals surface area contributed by atoms with Gasteiger partial charge in [0.15, 0.2) is 5.82 Å². The van der Waals surface area contributed by atoms with Crippen LogP contribution in [0, 0.1) is 11.3 Å². The maximum absolute atomic E-state index is 13.5. The third-order valence-corrected chi connectivity index (χ3v) is 5.10. The summed E-state index contributed by atoms with van der Waals surface area (Å²) in [5.41, 5.74) is 6.00. The minimum atomic E-state index is -0.392. The Morgan fingerprint density at radius 1 is 1.48 bits per heavy atom. The number of nitrogens with two attached hydrogens (primary N) is 1. The molecular weight excluding hydrogens is 394 g/mol. The largest absolute Gasteiger partial charge is 0.361 e. The molecule has 2 aliphatic rings. The molecule has 0 aromatic carbocycles. The maximum Gasteiger partial charge on any atom is 0.279 e.